The zero-order chi connectivity index (χ0) is 22.6. The third kappa shape index (κ3) is 6.13. The lowest BCUT2D eigenvalue weighted by atomic mass is 9.96. The minimum absolute atomic E-state index is 0.0545. The number of nitrogens with zero attached hydrogens (tertiary/aromatic N) is 1. The molecule has 2 aromatic rings. The molecule has 0 bridgehead atoms. The van der Waals surface area contributed by atoms with Crippen LogP contribution in [0.2, 0.25) is 10.0 Å². The Bertz CT molecular complexity index is 1020. The smallest absolute Gasteiger partial charge is 0.223 e. The first kappa shape index (κ1) is 23.9. The maximum atomic E-state index is 12.8. The molecule has 2 aromatic carbocycles. The van der Waals surface area contributed by atoms with Crippen LogP contribution in [-0.4, -0.2) is 38.8 Å². The summed E-state index contributed by atoms with van der Waals surface area (Å²) in [5.74, 6) is 0.303. The van der Waals surface area contributed by atoms with E-state index in [1.165, 1.54) is 10.4 Å². The van der Waals surface area contributed by atoms with Gasteiger partial charge in [0, 0.05) is 29.1 Å². The van der Waals surface area contributed by atoms with E-state index in [4.69, 9.17) is 27.9 Å². The number of benzene rings is 2. The van der Waals surface area contributed by atoms with E-state index < -0.39 is 10.0 Å². The predicted molar refractivity (Wildman–Crippen MR) is 123 cm³/mol. The van der Waals surface area contributed by atoms with Crippen LogP contribution < -0.4 is 10.1 Å². The summed E-state index contributed by atoms with van der Waals surface area (Å²) >= 11 is 12.0. The van der Waals surface area contributed by atoms with E-state index in [-0.39, 0.29) is 23.6 Å². The highest BCUT2D eigenvalue weighted by molar-refractivity contribution is 7.88. The van der Waals surface area contributed by atoms with Crippen molar-refractivity contribution >= 4 is 39.1 Å². The Labute approximate surface area is 193 Å². The fourth-order valence-corrected chi connectivity index (χ4v) is 5.78. The first-order chi connectivity index (χ1) is 14.7. The number of carbonyl (C=O) groups excluding carboxylic acids is 1. The maximum Gasteiger partial charge on any atom is 0.223 e. The number of sulfonamides is 1. The van der Waals surface area contributed by atoms with Crippen LogP contribution in [0.25, 0.3) is 0 Å². The first-order valence-corrected chi connectivity index (χ1v) is 12.4. The molecular formula is C22H26Cl2N2O4S. The Morgan fingerprint density at radius 3 is 2.39 bits per heavy atom. The van der Waals surface area contributed by atoms with Crippen LogP contribution in [0.5, 0.6) is 5.75 Å². The standard InChI is InChI=1S/C22H26Cl2N2O4S/c1-15(16-4-7-20(30-2)8-5-16)25-22(27)17-9-11-26(12-10-17)31(28,29)14-18-3-6-19(23)13-21(18)24/h3-8,13,15,17H,9-12,14H2,1-2H3,(H,25,27)/t15-/m0/s1. The number of nitrogens with one attached hydrogen (secondary N) is 1. The van der Waals surface area contributed by atoms with Crippen molar-refractivity contribution in [3.63, 3.8) is 0 Å². The highest BCUT2D eigenvalue weighted by Gasteiger charge is 2.32. The van der Waals surface area contributed by atoms with E-state index in [1.54, 1.807) is 19.2 Å². The highest BCUT2D eigenvalue weighted by atomic mass is 35.5. The molecule has 1 aliphatic rings. The van der Waals surface area contributed by atoms with E-state index in [0.717, 1.165) is 11.3 Å². The number of halogens is 2. The molecule has 1 amide bonds. The summed E-state index contributed by atoms with van der Waals surface area (Å²) in [6, 6.07) is 12.2. The summed E-state index contributed by atoms with van der Waals surface area (Å²) < 4.78 is 32.2. The summed E-state index contributed by atoms with van der Waals surface area (Å²) in [5, 5.41) is 3.82. The van der Waals surface area contributed by atoms with Crippen LogP contribution in [0.1, 0.15) is 36.9 Å². The quantitative estimate of drug-likeness (QED) is 0.630. The van der Waals surface area contributed by atoms with Gasteiger partial charge in [0.15, 0.2) is 0 Å². The fraction of sp³-hybridized carbons (Fsp3) is 0.409. The summed E-state index contributed by atoms with van der Waals surface area (Å²) in [6.45, 7) is 2.54. The zero-order valence-electron chi connectivity index (χ0n) is 17.5. The van der Waals surface area contributed by atoms with Gasteiger partial charge in [0.05, 0.1) is 18.9 Å². The topological polar surface area (TPSA) is 75.7 Å². The van der Waals surface area contributed by atoms with E-state index in [0.29, 0.717) is 41.5 Å². The second kappa shape index (κ2) is 10.2. The fourth-order valence-electron chi connectivity index (χ4n) is 3.63. The number of hydrogen-bond acceptors (Lipinski definition) is 4. The minimum Gasteiger partial charge on any atom is -0.497 e. The van der Waals surface area contributed by atoms with Crippen LogP contribution in [0.3, 0.4) is 0 Å². The predicted octanol–water partition coefficient (Wildman–Crippen LogP) is 4.42. The molecule has 3 rings (SSSR count). The van der Waals surface area contributed by atoms with Gasteiger partial charge < -0.3 is 10.1 Å². The van der Waals surface area contributed by atoms with Gasteiger partial charge in [-0.1, -0.05) is 41.4 Å². The lowest BCUT2D eigenvalue weighted by molar-refractivity contribution is -0.126. The van der Waals surface area contributed by atoms with Crippen molar-refractivity contribution in [2.24, 2.45) is 5.92 Å². The molecule has 0 spiro atoms. The average Bonchev–Trinajstić information content (AvgIpc) is 2.75. The van der Waals surface area contributed by atoms with Gasteiger partial charge in [-0.05, 0) is 55.2 Å². The summed E-state index contributed by atoms with van der Waals surface area (Å²) in [4.78, 5) is 12.7. The normalized spacial score (nSPS) is 16.6. The Morgan fingerprint density at radius 2 is 1.81 bits per heavy atom. The van der Waals surface area contributed by atoms with Crippen molar-refractivity contribution in [3.05, 3.63) is 63.6 Å². The highest BCUT2D eigenvalue weighted by Crippen LogP contribution is 2.27. The van der Waals surface area contributed by atoms with Crippen molar-refractivity contribution in [2.45, 2.75) is 31.6 Å². The zero-order valence-corrected chi connectivity index (χ0v) is 19.8. The van der Waals surface area contributed by atoms with Gasteiger partial charge in [-0.2, -0.15) is 0 Å². The van der Waals surface area contributed by atoms with E-state index in [1.807, 2.05) is 31.2 Å². The molecule has 1 heterocycles. The molecule has 6 nitrogen and oxygen atoms in total. The molecule has 31 heavy (non-hydrogen) atoms. The van der Waals surface area contributed by atoms with Gasteiger partial charge in [-0.15, -0.1) is 0 Å². The molecule has 0 unspecified atom stereocenters. The summed E-state index contributed by atoms with van der Waals surface area (Å²) in [5.41, 5.74) is 1.49. The van der Waals surface area contributed by atoms with Crippen molar-refractivity contribution in [1.82, 2.24) is 9.62 Å². The summed E-state index contributed by atoms with van der Waals surface area (Å²) in [6.07, 6.45) is 0.962. The number of methoxy groups -OCH3 is 1. The third-order valence-corrected chi connectivity index (χ3v) is 7.96. The number of hydrogen-bond donors (Lipinski definition) is 1. The monoisotopic (exact) mass is 484 g/mol. The molecule has 0 aliphatic carbocycles. The largest absolute Gasteiger partial charge is 0.497 e. The lowest BCUT2D eigenvalue weighted by Crippen LogP contribution is -2.43. The van der Waals surface area contributed by atoms with Gasteiger partial charge >= 0.3 is 0 Å². The number of amides is 1. The van der Waals surface area contributed by atoms with Gasteiger partial charge in [0.1, 0.15) is 5.75 Å². The van der Waals surface area contributed by atoms with Crippen LogP contribution in [0.15, 0.2) is 42.5 Å². The Kier molecular flexibility index (Phi) is 7.86. The third-order valence-electron chi connectivity index (χ3n) is 5.55. The van der Waals surface area contributed by atoms with Crippen LogP contribution in [0.4, 0.5) is 0 Å². The second-order valence-corrected chi connectivity index (χ2v) is 10.5. The minimum atomic E-state index is -3.53. The Balaban J connectivity index is 1.54. The molecule has 168 valence electrons. The van der Waals surface area contributed by atoms with Gasteiger partial charge in [-0.3, -0.25) is 4.79 Å². The molecule has 1 atom stereocenters. The van der Waals surface area contributed by atoms with E-state index in [2.05, 4.69) is 5.32 Å². The molecule has 1 N–H and O–H groups in total. The molecule has 0 radical (unpaired) electrons. The average molecular weight is 485 g/mol. The molecule has 9 heteroatoms. The lowest BCUT2D eigenvalue weighted by Gasteiger charge is -2.31. The number of rotatable bonds is 7. The van der Waals surface area contributed by atoms with Crippen molar-refractivity contribution in [3.8, 4) is 5.75 Å². The van der Waals surface area contributed by atoms with Crippen LogP contribution >= 0.6 is 23.2 Å². The van der Waals surface area contributed by atoms with Crippen molar-refractivity contribution < 1.29 is 17.9 Å². The summed E-state index contributed by atoms with van der Waals surface area (Å²) in [7, 11) is -1.92. The molecule has 1 saturated heterocycles. The number of carbonyl (C=O) groups is 1. The SMILES string of the molecule is COc1ccc([C@H](C)NC(=O)C2CCN(S(=O)(=O)Cc3ccc(Cl)cc3Cl)CC2)cc1. The van der Waals surface area contributed by atoms with Gasteiger partial charge in [0.2, 0.25) is 15.9 Å². The van der Waals surface area contributed by atoms with Crippen molar-refractivity contribution in [2.75, 3.05) is 20.2 Å². The van der Waals surface area contributed by atoms with Gasteiger partial charge in [-0.25, -0.2) is 12.7 Å². The van der Waals surface area contributed by atoms with E-state index in [9.17, 15) is 13.2 Å². The van der Waals surface area contributed by atoms with Crippen LogP contribution in [-0.2, 0) is 20.6 Å². The Hall–Kier alpha value is -1.80. The Morgan fingerprint density at radius 1 is 1.16 bits per heavy atom. The van der Waals surface area contributed by atoms with E-state index >= 15 is 0 Å². The molecule has 1 fully saturated rings. The molecule has 1 aliphatic heterocycles. The molecule has 0 aromatic heterocycles. The maximum absolute atomic E-state index is 12.8. The van der Waals surface area contributed by atoms with Crippen molar-refractivity contribution in [1.29, 1.82) is 0 Å². The molecular weight excluding hydrogens is 459 g/mol. The first-order valence-electron chi connectivity index (χ1n) is 10.1. The molecule has 0 saturated carbocycles. The van der Waals surface area contributed by atoms with Gasteiger partial charge in [0.25, 0.3) is 0 Å². The van der Waals surface area contributed by atoms with Crippen LogP contribution in [0, 0.1) is 5.92 Å². The second-order valence-electron chi connectivity index (χ2n) is 7.67. The number of ether oxygens (including phenoxy) is 1. The number of piperidine rings is 1.